The Morgan fingerprint density at radius 1 is 1.00 bits per heavy atom. The van der Waals surface area contributed by atoms with Gasteiger partial charge in [0.2, 0.25) is 0 Å². The normalized spacial score (nSPS) is 13.9. The van der Waals surface area contributed by atoms with Crippen LogP contribution in [0.15, 0.2) is 0 Å². The Balaban J connectivity index is 3.15. The molecule has 0 aromatic carbocycles. The summed E-state index contributed by atoms with van der Waals surface area (Å²) in [5.41, 5.74) is 0. The molecule has 1 heteroatoms. The van der Waals surface area contributed by atoms with Crippen LogP contribution in [0.5, 0.6) is 0 Å². The highest BCUT2D eigenvalue weighted by atomic mass is 19.1. The fraction of sp³-hybridized carbons (Fsp3) is 1.00. The van der Waals surface area contributed by atoms with E-state index in [1.807, 2.05) is 0 Å². The Labute approximate surface area is 70.2 Å². The Bertz CT molecular complexity index is 78.9. The molecule has 0 nitrogen and oxygen atoms in total. The maximum Gasteiger partial charge on any atom is 0.0894 e. The highest BCUT2D eigenvalue weighted by molar-refractivity contribution is 4.55. The average Bonchev–Trinajstić information content (AvgIpc) is 1.97. The van der Waals surface area contributed by atoms with Crippen molar-refractivity contribution in [1.29, 1.82) is 0 Å². The van der Waals surface area contributed by atoms with Gasteiger partial charge in [0, 0.05) is 0 Å². The quantitative estimate of drug-likeness (QED) is 0.554. The molecule has 0 spiro atoms. The fourth-order valence-corrected chi connectivity index (χ4v) is 1.19. The third kappa shape index (κ3) is 7.83. The van der Waals surface area contributed by atoms with Crippen LogP contribution in [-0.4, -0.2) is 6.67 Å². The van der Waals surface area contributed by atoms with Crippen LogP contribution >= 0.6 is 0 Å². The topological polar surface area (TPSA) is 0 Å². The maximum atomic E-state index is 11.8. The molecular weight excluding hydrogens is 139 g/mol. The van der Waals surface area contributed by atoms with E-state index < -0.39 is 0 Å². The van der Waals surface area contributed by atoms with Gasteiger partial charge in [-0.05, 0) is 24.7 Å². The first-order valence-electron chi connectivity index (χ1n) is 4.72. The van der Waals surface area contributed by atoms with E-state index in [2.05, 4.69) is 20.8 Å². The monoisotopic (exact) mass is 160 g/mol. The van der Waals surface area contributed by atoms with E-state index in [1.165, 1.54) is 12.8 Å². The minimum atomic E-state index is -0.147. The van der Waals surface area contributed by atoms with Crippen molar-refractivity contribution in [1.82, 2.24) is 0 Å². The van der Waals surface area contributed by atoms with Crippen molar-refractivity contribution in [3.63, 3.8) is 0 Å². The largest absolute Gasteiger partial charge is 0.251 e. The minimum Gasteiger partial charge on any atom is -0.251 e. The zero-order valence-electron chi connectivity index (χ0n) is 8.07. The molecule has 0 amide bonds. The summed E-state index contributed by atoms with van der Waals surface area (Å²) in [6.45, 7) is 6.55. The SMILES string of the molecule is CC(C)CCC(C)CCCF. The molecule has 0 heterocycles. The van der Waals surface area contributed by atoms with E-state index in [4.69, 9.17) is 0 Å². The Kier molecular flexibility index (Phi) is 6.59. The molecule has 0 aliphatic carbocycles. The van der Waals surface area contributed by atoms with E-state index in [0.29, 0.717) is 5.92 Å². The molecule has 0 aliphatic rings. The van der Waals surface area contributed by atoms with Crippen LogP contribution in [0, 0.1) is 11.8 Å². The number of alkyl halides is 1. The second-order valence-electron chi connectivity index (χ2n) is 3.91. The van der Waals surface area contributed by atoms with E-state index in [0.717, 1.165) is 18.8 Å². The van der Waals surface area contributed by atoms with Crippen LogP contribution in [0.3, 0.4) is 0 Å². The Morgan fingerprint density at radius 2 is 1.64 bits per heavy atom. The van der Waals surface area contributed by atoms with Gasteiger partial charge in [0.05, 0.1) is 6.67 Å². The van der Waals surface area contributed by atoms with Crippen LogP contribution in [0.1, 0.15) is 46.5 Å². The lowest BCUT2D eigenvalue weighted by atomic mass is 9.96. The van der Waals surface area contributed by atoms with Crippen LogP contribution < -0.4 is 0 Å². The van der Waals surface area contributed by atoms with Crippen molar-refractivity contribution in [2.75, 3.05) is 6.67 Å². The lowest BCUT2D eigenvalue weighted by Gasteiger charge is -2.11. The third-order valence-corrected chi connectivity index (χ3v) is 2.07. The van der Waals surface area contributed by atoms with Crippen molar-refractivity contribution in [3.05, 3.63) is 0 Å². The highest BCUT2D eigenvalue weighted by Gasteiger charge is 2.02. The first-order valence-corrected chi connectivity index (χ1v) is 4.72. The van der Waals surface area contributed by atoms with E-state index in [1.54, 1.807) is 0 Å². The molecule has 0 bridgehead atoms. The first-order chi connectivity index (χ1) is 5.16. The predicted octanol–water partition coefficient (Wildman–Crippen LogP) is 3.81. The second-order valence-corrected chi connectivity index (χ2v) is 3.91. The van der Waals surface area contributed by atoms with Crippen LogP contribution in [0.4, 0.5) is 4.39 Å². The molecule has 68 valence electrons. The maximum absolute atomic E-state index is 11.8. The van der Waals surface area contributed by atoms with Gasteiger partial charge in [-0.15, -0.1) is 0 Å². The summed E-state index contributed by atoms with van der Waals surface area (Å²) >= 11 is 0. The van der Waals surface area contributed by atoms with Crippen molar-refractivity contribution < 1.29 is 4.39 Å². The van der Waals surface area contributed by atoms with Crippen molar-refractivity contribution in [2.45, 2.75) is 46.5 Å². The van der Waals surface area contributed by atoms with Crippen LogP contribution in [0.2, 0.25) is 0 Å². The van der Waals surface area contributed by atoms with Gasteiger partial charge in [0.1, 0.15) is 0 Å². The first kappa shape index (κ1) is 10.9. The molecule has 0 radical (unpaired) electrons. The molecule has 1 unspecified atom stereocenters. The van der Waals surface area contributed by atoms with Crippen LogP contribution in [-0.2, 0) is 0 Å². The van der Waals surface area contributed by atoms with Crippen molar-refractivity contribution in [3.8, 4) is 0 Å². The smallest absolute Gasteiger partial charge is 0.0894 e. The van der Waals surface area contributed by atoms with Gasteiger partial charge in [0.25, 0.3) is 0 Å². The summed E-state index contributed by atoms with van der Waals surface area (Å²) in [6.07, 6.45) is 4.35. The molecule has 0 saturated heterocycles. The van der Waals surface area contributed by atoms with Gasteiger partial charge < -0.3 is 0 Å². The zero-order valence-corrected chi connectivity index (χ0v) is 8.07. The van der Waals surface area contributed by atoms with Crippen molar-refractivity contribution >= 4 is 0 Å². The lowest BCUT2D eigenvalue weighted by Crippen LogP contribution is -1.98. The van der Waals surface area contributed by atoms with Crippen molar-refractivity contribution in [2.24, 2.45) is 11.8 Å². The molecule has 0 saturated carbocycles. The summed E-state index contributed by atoms with van der Waals surface area (Å²) in [4.78, 5) is 0. The number of hydrogen-bond acceptors (Lipinski definition) is 0. The van der Waals surface area contributed by atoms with Gasteiger partial charge in [-0.25, -0.2) is 0 Å². The molecule has 0 rings (SSSR count). The summed E-state index contributed by atoms with van der Waals surface area (Å²) in [5.74, 6) is 1.51. The molecule has 1 atom stereocenters. The lowest BCUT2D eigenvalue weighted by molar-refractivity contribution is 0.382. The summed E-state index contributed by atoms with van der Waals surface area (Å²) < 4.78 is 11.8. The minimum absolute atomic E-state index is 0.147. The van der Waals surface area contributed by atoms with Crippen LogP contribution in [0.25, 0.3) is 0 Å². The summed E-state index contributed by atoms with van der Waals surface area (Å²) in [7, 11) is 0. The molecule has 0 N–H and O–H groups in total. The average molecular weight is 160 g/mol. The second kappa shape index (κ2) is 6.63. The van der Waals surface area contributed by atoms with E-state index in [9.17, 15) is 4.39 Å². The Morgan fingerprint density at radius 3 is 2.09 bits per heavy atom. The summed E-state index contributed by atoms with van der Waals surface area (Å²) in [5, 5.41) is 0. The standard InChI is InChI=1S/C10H21F/c1-9(2)6-7-10(3)5-4-8-11/h9-10H,4-8H2,1-3H3. The third-order valence-electron chi connectivity index (χ3n) is 2.07. The predicted molar refractivity (Wildman–Crippen MR) is 48.4 cm³/mol. The van der Waals surface area contributed by atoms with Gasteiger partial charge in [0.15, 0.2) is 0 Å². The summed E-state index contributed by atoms with van der Waals surface area (Å²) in [6, 6.07) is 0. The van der Waals surface area contributed by atoms with E-state index in [-0.39, 0.29) is 6.67 Å². The number of rotatable bonds is 6. The van der Waals surface area contributed by atoms with Gasteiger partial charge in [-0.2, -0.15) is 0 Å². The fourth-order valence-electron chi connectivity index (χ4n) is 1.19. The Hall–Kier alpha value is -0.0700. The van der Waals surface area contributed by atoms with Gasteiger partial charge in [-0.3, -0.25) is 4.39 Å². The molecule has 0 aromatic rings. The van der Waals surface area contributed by atoms with Gasteiger partial charge >= 0.3 is 0 Å². The molecule has 0 aromatic heterocycles. The molecule has 11 heavy (non-hydrogen) atoms. The molecule has 0 aliphatic heterocycles. The number of halogens is 1. The molecule has 0 fully saturated rings. The number of hydrogen-bond donors (Lipinski definition) is 0. The van der Waals surface area contributed by atoms with Gasteiger partial charge in [-0.1, -0.05) is 33.6 Å². The highest BCUT2D eigenvalue weighted by Crippen LogP contribution is 2.16. The molecular formula is C10H21F. The van der Waals surface area contributed by atoms with E-state index >= 15 is 0 Å². The zero-order chi connectivity index (χ0) is 8.69.